The van der Waals surface area contributed by atoms with Crippen LogP contribution < -0.4 is 0 Å². The molecule has 0 saturated carbocycles. The summed E-state index contributed by atoms with van der Waals surface area (Å²) >= 11 is 0. The van der Waals surface area contributed by atoms with Gasteiger partial charge in [0.25, 0.3) is 0 Å². The SMILES string of the molecule is CCOC(=O)c1ccc(C(=N)CF)cc1. The van der Waals surface area contributed by atoms with Crippen LogP contribution in [0.2, 0.25) is 0 Å². The van der Waals surface area contributed by atoms with Gasteiger partial charge in [-0.1, -0.05) is 12.1 Å². The van der Waals surface area contributed by atoms with Crippen LogP contribution >= 0.6 is 0 Å². The summed E-state index contributed by atoms with van der Waals surface area (Å²) in [4.78, 5) is 11.2. The van der Waals surface area contributed by atoms with Gasteiger partial charge in [-0.25, -0.2) is 9.18 Å². The van der Waals surface area contributed by atoms with Crippen LogP contribution in [-0.4, -0.2) is 25.0 Å². The van der Waals surface area contributed by atoms with Gasteiger partial charge in [-0.05, 0) is 24.6 Å². The lowest BCUT2D eigenvalue weighted by Gasteiger charge is -2.03. The number of esters is 1. The van der Waals surface area contributed by atoms with E-state index in [0.29, 0.717) is 17.7 Å². The molecule has 0 aromatic heterocycles. The van der Waals surface area contributed by atoms with Crippen molar-refractivity contribution in [2.75, 3.05) is 13.3 Å². The molecule has 80 valence electrons. The Labute approximate surface area is 87.4 Å². The molecule has 3 nitrogen and oxygen atoms in total. The monoisotopic (exact) mass is 209 g/mol. The summed E-state index contributed by atoms with van der Waals surface area (Å²) in [6.07, 6.45) is 0. The average Bonchev–Trinajstić information content (AvgIpc) is 2.28. The van der Waals surface area contributed by atoms with Crippen LogP contribution in [0.3, 0.4) is 0 Å². The third kappa shape index (κ3) is 2.87. The number of alkyl halides is 1. The number of rotatable bonds is 4. The Kier molecular flexibility index (Phi) is 3.97. The van der Waals surface area contributed by atoms with Crippen LogP contribution in [0.15, 0.2) is 24.3 Å². The fourth-order valence-electron chi connectivity index (χ4n) is 1.10. The van der Waals surface area contributed by atoms with Crippen molar-refractivity contribution >= 4 is 11.7 Å². The summed E-state index contributed by atoms with van der Waals surface area (Å²) in [7, 11) is 0. The van der Waals surface area contributed by atoms with Crippen molar-refractivity contribution in [1.29, 1.82) is 5.41 Å². The summed E-state index contributed by atoms with van der Waals surface area (Å²) < 4.78 is 16.9. The molecule has 1 aromatic carbocycles. The summed E-state index contributed by atoms with van der Waals surface area (Å²) in [5, 5.41) is 7.25. The summed E-state index contributed by atoms with van der Waals surface area (Å²) in [5.41, 5.74) is 0.795. The maximum atomic E-state index is 12.1. The van der Waals surface area contributed by atoms with Crippen molar-refractivity contribution in [3.8, 4) is 0 Å². The van der Waals surface area contributed by atoms with Crippen molar-refractivity contribution in [1.82, 2.24) is 0 Å². The van der Waals surface area contributed by atoms with Crippen molar-refractivity contribution < 1.29 is 13.9 Å². The van der Waals surface area contributed by atoms with Crippen LogP contribution in [-0.2, 0) is 4.74 Å². The van der Waals surface area contributed by atoms with E-state index in [2.05, 4.69) is 0 Å². The predicted molar refractivity (Wildman–Crippen MR) is 55.2 cm³/mol. The molecule has 0 fully saturated rings. The van der Waals surface area contributed by atoms with Gasteiger partial charge >= 0.3 is 5.97 Å². The highest BCUT2D eigenvalue weighted by molar-refractivity contribution is 6.00. The molecule has 0 spiro atoms. The maximum absolute atomic E-state index is 12.1. The van der Waals surface area contributed by atoms with Gasteiger partial charge in [0.1, 0.15) is 6.67 Å². The van der Waals surface area contributed by atoms with E-state index in [0.717, 1.165) is 0 Å². The lowest BCUT2D eigenvalue weighted by atomic mass is 10.1. The Bertz CT molecular complexity index is 359. The van der Waals surface area contributed by atoms with Gasteiger partial charge in [-0.15, -0.1) is 0 Å². The molecule has 0 bridgehead atoms. The lowest BCUT2D eigenvalue weighted by molar-refractivity contribution is 0.0526. The van der Waals surface area contributed by atoms with Crippen molar-refractivity contribution in [2.45, 2.75) is 6.92 Å². The van der Waals surface area contributed by atoms with Gasteiger partial charge in [0, 0.05) is 0 Å². The zero-order valence-electron chi connectivity index (χ0n) is 8.42. The summed E-state index contributed by atoms with van der Waals surface area (Å²) in [6, 6.07) is 6.12. The van der Waals surface area contributed by atoms with E-state index in [1.54, 1.807) is 6.92 Å². The molecule has 0 unspecified atom stereocenters. The Balaban J connectivity index is 2.80. The molecular weight excluding hydrogens is 197 g/mol. The quantitative estimate of drug-likeness (QED) is 0.610. The van der Waals surface area contributed by atoms with E-state index in [9.17, 15) is 9.18 Å². The topological polar surface area (TPSA) is 50.2 Å². The van der Waals surface area contributed by atoms with E-state index < -0.39 is 12.6 Å². The molecule has 0 aliphatic heterocycles. The molecule has 1 N–H and O–H groups in total. The number of carbonyl (C=O) groups excluding carboxylic acids is 1. The smallest absolute Gasteiger partial charge is 0.338 e. The first kappa shape index (κ1) is 11.4. The highest BCUT2D eigenvalue weighted by Gasteiger charge is 2.06. The van der Waals surface area contributed by atoms with E-state index in [4.69, 9.17) is 10.1 Å². The molecule has 0 heterocycles. The summed E-state index contributed by atoms with van der Waals surface area (Å²) in [6.45, 7) is 1.24. The molecule has 0 radical (unpaired) electrons. The highest BCUT2D eigenvalue weighted by atomic mass is 19.1. The van der Waals surface area contributed by atoms with Crippen LogP contribution in [0.1, 0.15) is 22.8 Å². The summed E-state index contributed by atoms with van der Waals surface area (Å²) in [5.74, 6) is -0.407. The fourth-order valence-corrected chi connectivity index (χ4v) is 1.10. The molecule has 0 atom stereocenters. The first-order valence-corrected chi connectivity index (χ1v) is 4.60. The molecule has 15 heavy (non-hydrogen) atoms. The fraction of sp³-hybridized carbons (Fsp3) is 0.273. The number of carbonyl (C=O) groups is 1. The van der Waals surface area contributed by atoms with Gasteiger partial charge in [0.15, 0.2) is 0 Å². The number of nitrogens with one attached hydrogen (secondary N) is 1. The van der Waals surface area contributed by atoms with E-state index in [-0.39, 0.29) is 5.71 Å². The second-order valence-electron chi connectivity index (χ2n) is 2.91. The van der Waals surface area contributed by atoms with Crippen LogP contribution in [0.25, 0.3) is 0 Å². The van der Waals surface area contributed by atoms with E-state index in [1.165, 1.54) is 24.3 Å². The number of ether oxygens (including phenoxy) is 1. The third-order valence-electron chi connectivity index (χ3n) is 1.88. The lowest BCUT2D eigenvalue weighted by Crippen LogP contribution is -2.06. The Morgan fingerprint density at radius 3 is 2.33 bits per heavy atom. The Hall–Kier alpha value is -1.71. The minimum atomic E-state index is -0.807. The second kappa shape index (κ2) is 5.24. The predicted octanol–water partition coefficient (Wildman–Crippen LogP) is 2.20. The van der Waals surface area contributed by atoms with E-state index in [1.807, 2.05) is 0 Å². The van der Waals surface area contributed by atoms with Crippen LogP contribution in [0.5, 0.6) is 0 Å². The van der Waals surface area contributed by atoms with Crippen molar-refractivity contribution in [3.05, 3.63) is 35.4 Å². The minimum absolute atomic E-state index is 0.0922. The maximum Gasteiger partial charge on any atom is 0.338 e. The molecule has 0 aliphatic rings. The number of halogens is 1. The van der Waals surface area contributed by atoms with Gasteiger partial charge in [0.2, 0.25) is 0 Å². The first-order valence-electron chi connectivity index (χ1n) is 4.60. The zero-order valence-corrected chi connectivity index (χ0v) is 8.42. The highest BCUT2D eigenvalue weighted by Crippen LogP contribution is 2.07. The van der Waals surface area contributed by atoms with Crippen molar-refractivity contribution in [2.24, 2.45) is 0 Å². The first-order chi connectivity index (χ1) is 7.19. The molecule has 4 heteroatoms. The normalized spacial score (nSPS) is 9.73. The zero-order chi connectivity index (χ0) is 11.3. The number of hydrogen-bond donors (Lipinski definition) is 1. The van der Waals surface area contributed by atoms with Gasteiger partial charge in [0.05, 0.1) is 17.9 Å². The van der Waals surface area contributed by atoms with Gasteiger partial charge < -0.3 is 10.1 Å². The largest absolute Gasteiger partial charge is 0.462 e. The third-order valence-corrected chi connectivity index (χ3v) is 1.88. The molecular formula is C11H12FNO2. The second-order valence-corrected chi connectivity index (χ2v) is 2.91. The Morgan fingerprint density at radius 1 is 1.33 bits per heavy atom. The van der Waals surface area contributed by atoms with Crippen molar-refractivity contribution in [3.63, 3.8) is 0 Å². The van der Waals surface area contributed by atoms with Gasteiger partial charge in [-0.3, -0.25) is 0 Å². The van der Waals surface area contributed by atoms with Gasteiger partial charge in [-0.2, -0.15) is 0 Å². The molecule has 1 aromatic rings. The average molecular weight is 209 g/mol. The van der Waals surface area contributed by atoms with Crippen LogP contribution in [0, 0.1) is 5.41 Å². The molecule has 0 amide bonds. The number of benzene rings is 1. The minimum Gasteiger partial charge on any atom is -0.462 e. The molecule has 0 aliphatic carbocycles. The Morgan fingerprint density at radius 2 is 1.87 bits per heavy atom. The number of hydrogen-bond acceptors (Lipinski definition) is 3. The van der Waals surface area contributed by atoms with Crippen LogP contribution in [0.4, 0.5) is 4.39 Å². The van der Waals surface area contributed by atoms with E-state index >= 15 is 0 Å². The molecule has 0 saturated heterocycles. The standard InChI is InChI=1S/C11H12FNO2/c1-2-15-11(14)9-5-3-8(4-6-9)10(13)7-12/h3-6,13H,2,7H2,1H3. The molecule has 1 rings (SSSR count).